The lowest BCUT2D eigenvalue weighted by Gasteiger charge is -2.37. The molecule has 1 fully saturated rings. The minimum Gasteiger partial charge on any atom is -0.480 e. The summed E-state index contributed by atoms with van der Waals surface area (Å²) in [6, 6.07) is 8.20. The Bertz CT molecular complexity index is 516. The molecule has 2 heterocycles. The van der Waals surface area contributed by atoms with Crippen molar-refractivity contribution in [2.24, 2.45) is 5.92 Å². The summed E-state index contributed by atoms with van der Waals surface area (Å²) in [6.07, 6.45) is 0.260. The van der Waals surface area contributed by atoms with E-state index in [4.69, 9.17) is 9.47 Å². The van der Waals surface area contributed by atoms with Gasteiger partial charge in [-0.25, -0.2) is 0 Å². The number of rotatable bonds is 5. The average molecular weight is 318 g/mol. The van der Waals surface area contributed by atoms with E-state index in [9.17, 15) is 4.79 Å². The highest BCUT2D eigenvalue weighted by molar-refractivity contribution is 5.82. The van der Waals surface area contributed by atoms with Crippen molar-refractivity contribution in [3.8, 4) is 5.75 Å². The molecule has 1 saturated heterocycles. The molecule has 3 rings (SSSR count). The minimum atomic E-state index is -0.398. The number of nitrogens with zero attached hydrogens (tertiary/aromatic N) is 1. The Morgan fingerprint density at radius 1 is 1.30 bits per heavy atom. The van der Waals surface area contributed by atoms with E-state index in [1.807, 2.05) is 24.3 Å². The summed E-state index contributed by atoms with van der Waals surface area (Å²) >= 11 is 0. The Balaban J connectivity index is 1.53. The summed E-state index contributed by atoms with van der Waals surface area (Å²) in [4.78, 5) is 14.9. The van der Waals surface area contributed by atoms with E-state index in [1.165, 1.54) is 0 Å². The van der Waals surface area contributed by atoms with Gasteiger partial charge in [0.2, 0.25) is 0 Å². The Morgan fingerprint density at radius 3 is 2.74 bits per heavy atom. The largest absolute Gasteiger partial charge is 0.480 e. The lowest BCUT2D eigenvalue weighted by molar-refractivity contribution is -0.127. The SMILES string of the molecule is CC(C)C(CNC(=O)C1Cc2ccccc2O1)N1CCOCC1. The van der Waals surface area contributed by atoms with Crippen molar-refractivity contribution in [3.63, 3.8) is 0 Å². The van der Waals surface area contributed by atoms with Gasteiger partial charge in [-0.2, -0.15) is 0 Å². The number of morpholine rings is 1. The van der Waals surface area contributed by atoms with Crippen molar-refractivity contribution in [1.82, 2.24) is 10.2 Å². The Morgan fingerprint density at radius 2 is 2.04 bits per heavy atom. The summed E-state index contributed by atoms with van der Waals surface area (Å²) in [7, 11) is 0. The summed E-state index contributed by atoms with van der Waals surface area (Å²) in [5.74, 6) is 1.30. The third-order valence-corrected chi connectivity index (χ3v) is 4.71. The van der Waals surface area contributed by atoms with E-state index < -0.39 is 6.10 Å². The number of hydrogen-bond acceptors (Lipinski definition) is 4. The van der Waals surface area contributed by atoms with Crippen molar-refractivity contribution in [2.45, 2.75) is 32.4 Å². The summed E-state index contributed by atoms with van der Waals surface area (Å²) in [5.41, 5.74) is 1.11. The van der Waals surface area contributed by atoms with E-state index in [-0.39, 0.29) is 5.91 Å². The average Bonchev–Trinajstić information content (AvgIpc) is 2.99. The van der Waals surface area contributed by atoms with Gasteiger partial charge in [-0.3, -0.25) is 9.69 Å². The van der Waals surface area contributed by atoms with E-state index in [1.54, 1.807) is 0 Å². The molecule has 1 amide bonds. The van der Waals surface area contributed by atoms with Crippen molar-refractivity contribution in [1.29, 1.82) is 0 Å². The fraction of sp³-hybridized carbons (Fsp3) is 0.611. The maximum absolute atomic E-state index is 12.4. The molecule has 1 aromatic carbocycles. The summed E-state index contributed by atoms with van der Waals surface area (Å²) in [6.45, 7) is 8.49. The molecule has 2 unspecified atom stereocenters. The van der Waals surface area contributed by atoms with Crippen LogP contribution in [0.3, 0.4) is 0 Å². The Hall–Kier alpha value is -1.59. The molecule has 0 aromatic heterocycles. The molecule has 2 atom stereocenters. The molecule has 126 valence electrons. The molecular formula is C18H26N2O3. The van der Waals surface area contributed by atoms with Crippen LogP contribution in [-0.4, -0.2) is 55.8 Å². The predicted molar refractivity (Wildman–Crippen MR) is 88.6 cm³/mol. The van der Waals surface area contributed by atoms with Crippen LogP contribution in [0.2, 0.25) is 0 Å². The number of carbonyl (C=O) groups excluding carboxylic acids is 1. The van der Waals surface area contributed by atoms with Crippen molar-refractivity contribution in [3.05, 3.63) is 29.8 Å². The van der Waals surface area contributed by atoms with Crippen molar-refractivity contribution >= 4 is 5.91 Å². The third kappa shape index (κ3) is 3.85. The van der Waals surface area contributed by atoms with Gasteiger partial charge in [-0.1, -0.05) is 32.0 Å². The summed E-state index contributed by atoms with van der Waals surface area (Å²) in [5, 5.41) is 3.09. The highest BCUT2D eigenvalue weighted by Crippen LogP contribution is 2.28. The topological polar surface area (TPSA) is 50.8 Å². The minimum absolute atomic E-state index is 0.0138. The molecule has 1 N–H and O–H groups in total. The van der Waals surface area contributed by atoms with Crippen molar-refractivity contribution in [2.75, 3.05) is 32.8 Å². The van der Waals surface area contributed by atoms with E-state index in [2.05, 4.69) is 24.1 Å². The quantitative estimate of drug-likeness (QED) is 0.893. The third-order valence-electron chi connectivity index (χ3n) is 4.71. The number of fused-ring (bicyclic) bond motifs is 1. The number of para-hydroxylation sites is 1. The van der Waals surface area contributed by atoms with Gasteiger partial charge >= 0.3 is 0 Å². The highest BCUT2D eigenvalue weighted by Gasteiger charge is 2.30. The molecule has 5 nitrogen and oxygen atoms in total. The number of benzene rings is 1. The Kier molecular flexibility index (Phi) is 5.18. The first kappa shape index (κ1) is 16.3. The fourth-order valence-electron chi connectivity index (χ4n) is 3.34. The number of ether oxygens (including phenoxy) is 2. The second-order valence-corrected chi connectivity index (χ2v) is 6.62. The fourth-order valence-corrected chi connectivity index (χ4v) is 3.34. The number of nitrogens with one attached hydrogen (secondary N) is 1. The molecule has 23 heavy (non-hydrogen) atoms. The van der Waals surface area contributed by atoms with Gasteiger partial charge in [0.1, 0.15) is 5.75 Å². The zero-order valence-corrected chi connectivity index (χ0v) is 14.0. The second-order valence-electron chi connectivity index (χ2n) is 6.62. The number of carbonyl (C=O) groups is 1. The maximum atomic E-state index is 12.4. The van der Waals surface area contributed by atoms with E-state index >= 15 is 0 Å². The zero-order chi connectivity index (χ0) is 16.2. The lowest BCUT2D eigenvalue weighted by Crippen LogP contribution is -2.52. The molecule has 5 heteroatoms. The van der Waals surface area contributed by atoms with Crippen LogP contribution in [0.4, 0.5) is 0 Å². The van der Waals surface area contributed by atoms with Gasteiger partial charge < -0.3 is 14.8 Å². The zero-order valence-electron chi connectivity index (χ0n) is 14.0. The molecule has 0 radical (unpaired) electrons. The molecule has 1 aromatic rings. The number of amides is 1. The highest BCUT2D eigenvalue weighted by atomic mass is 16.5. The van der Waals surface area contributed by atoms with Gasteiger partial charge in [-0.15, -0.1) is 0 Å². The van der Waals surface area contributed by atoms with Gasteiger partial charge in [0.25, 0.3) is 5.91 Å². The van der Waals surface area contributed by atoms with Gasteiger partial charge in [0, 0.05) is 32.1 Å². The van der Waals surface area contributed by atoms with Crippen LogP contribution in [-0.2, 0) is 16.0 Å². The van der Waals surface area contributed by atoms with E-state index in [0.717, 1.165) is 37.6 Å². The smallest absolute Gasteiger partial charge is 0.261 e. The molecule has 2 aliphatic rings. The first-order chi connectivity index (χ1) is 11.1. The monoisotopic (exact) mass is 318 g/mol. The first-order valence-electron chi connectivity index (χ1n) is 8.49. The first-order valence-corrected chi connectivity index (χ1v) is 8.49. The molecule has 0 bridgehead atoms. The molecule has 0 saturated carbocycles. The second kappa shape index (κ2) is 7.32. The van der Waals surface area contributed by atoms with E-state index in [0.29, 0.717) is 24.9 Å². The molecule has 0 spiro atoms. The maximum Gasteiger partial charge on any atom is 0.261 e. The summed E-state index contributed by atoms with van der Waals surface area (Å²) < 4.78 is 11.2. The van der Waals surface area contributed by atoms with Gasteiger partial charge in [0.15, 0.2) is 6.10 Å². The molecule has 0 aliphatic carbocycles. The van der Waals surface area contributed by atoms with Crippen LogP contribution in [0.1, 0.15) is 19.4 Å². The van der Waals surface area contributed by atoms with Crippen LogP contribution in [0.15, 0.2) is 24.3 Å². The molecule has 2 aliphatic heterocycles. The van der Waals surface area contributed by atoms with Crippen LogP contribution >= 0.6 is 0 Å². The van der Waals surface area contributed by atoms with Crippen LogP contribution in [0.5, 0.6) is 5.75 Å². The Labute approximate surface area is 137 Å². The standard InChI is InChI=1S/C18H26N2O3/c1-13(2)15(20-7-9-22-10-8-20)12-19-18(21)17-11-14-5-3-4-6-16(14)23-17/h3-6,13,15,17H,7-12H2,1-2H3,(H,19,21). The van der Waals surface area contributed by atoms with Crippen molar-refractivity contribution < 1.29 is 14.3 Å². The predicted octanol–water partition coefficient (Wildman–Crippen LogP) is 1.46. The number of hydrogen-bond donors (Lipinski definition) is 1. The van der Waals surface area contributed by atoms with Gasteiger partial charge in [0.05, 0.1) is 13.2 Å². The van der Waals surface area contributed by atoms with Crippen LogP contribution in [0.25, 0.3) is 0 Å². The van der Waals surface area contributed by atoms with Crippen LogP contribution < -0.4 is 10.1 Å². The van der Waals surface area contributed by atoms with Gasteiger partial charge in [-0.05, 0) is 17.5 Å². The lowest BCUT2D eigenvalue weighted by atomic mass is 10.0. The molecular weight excluding hydrogens is 292 g/mol. The normalized spacial score (nSPS) is 22.5. The van der Waals surface area contributed by atoms with Crippen LogP contribution in [0, 0.1) is 5.92 Å².